The van der Waals surface area contributed by atoms with Crippen molar-refractivity contribution in [1.29, 1.82) is 0 Å². The summed E-state index contributed by atoms with van der Waals surface area (Å²) < 4.78 is 12.3. The summed E-state index contributed by atoms with van der Waals surface area (Å²) in [6.07, 6.45) is 11.7. The number of carbonyl (C=O) groups excluding carboxylic acids is 3. The van der Waals surface area contributed by atoms with Crippen molar-refractivity contribution in [3.63, 3.8) is 0 Å². The van der Waals surface area contributed by atoms with E-state index in [-0.39, 0.29) is 42.4 Å². The average Bonchev–Trinajstić information content (AvgIpc) is 2.95. The molecule has 202 valence electrons. The van der Waals surface area contributed by atoms with Gasteiger partial charge in [-0.05, 0) is 49.8 Å². The number of benzene rings is 1. The molecule has 2 aromatic rings. The Bertz CT molecular complexity index is 1150. The monoisotopic (exact) mass is 521 g/mol. The molecule has 0 spiro atoms. The Hall–Kier alpha value is -3.53. The number of nitrogens with one attached hydrogen (secondary N) is 2. The van der Waals surface area contributed by atoms with Crippen molar-refractivity contribution in [3.8, 4) is 5.75 Å². The highest BCUT2D eigenvalue weighted by molar-refractivity contribution is 6.04. The fourth-order valence-corrected chi connectivity index (χ4v) is 5.65. The van der Waals surface area contributed by atoms with Crippen LogP contribution in [0.25, 0.3) is 0 Å². The SMILES string of the molecule is CN1C(=O)c2cc(NC(=O)c3cnccn3)ccc2OC[C@@H]2O[C@@H](CC(=O)NCC3CCCCC3)CC[C@H]21. The minimum absolute atomic E-state index is 0.0247. The fourth-order valence-electron chi connectivity index (χ4n) is 5.65. The van der Waals surface area contributed by atoms with E-state index in [2.05, 4.69) is 20.6 Å². The number of likely N-dealkylation sites (N-methyl/N-ethyl adjacent to an activating group) is 1. The van der Waals surface area contributed by atoms with Crippen molar-refractivity contribution in [3.05, 3.63) is 48.0 Å². The molecule has 1 aliphatic carbocycles. The van der Waals surface area contributed by atoms with Crippen molar-refractivity contribution in [2.45, 2.75) is 69.6 Å². The van der Waals surface area contributed by atoms with E-state index in [1.807, 2.05) is 0 Å². The van der Waals surface area contributed by atoms with Crippen LogP contribution < -0.4 is 15.4 Å². The number of aromatic nitrogens is 2. The highest BCUT2D eigenvalue weighted by atomic mass is 16.5. The third kappa shape index (κ3) is 6.12. The van der Waals surface area contributed by atoms with Crippen LogP contribution in [0.15, 0.2) is 36.8 Å². The molecule has 2 fully saturated rings. The van der Waals surface area contributed by atoms with E-state index < -0.39 is 5.91 Å². The van der Waals surface area contributed by atoms with Crippen LogP contribution in [0.4, 0.5) is 5.69 Å². The maximum Gasteiger partial charge on any atom is 0.275 e. The van der Waals surface area contributed by atoms with E-state index in [9.17, 15) is 14.4 Å². The summed E-state index contributed by atoms with van der Waals surface area (Å²) in [4.78, 5) is 48.1. The van der Waals surface area contributed by atoms with Gasteiger partial charge in [0.25, 0.3) is 11.8 Å². The molecular weight excluding hydrogens is 486 g/mol. The number of hydrogen-bond acceptors (Lipinski definition) is 7. The molecule has 10 heteroatoms. The predicted octanol–water partition coefficient (Wildman–Crippen LogP) is 3.20. The normalized spacial score (nSPS) is 23.8. The van der Waals surface area contributed by atoms with Crippen LogP contribution in [0.2, 0.25) is 0 Å². The van der Waals surface area contributed by atoms with Crippen LogP contribution in [-0.4, -0.2) is 71.0 Å². The first-order chi connectivity index (χ1) is 18.5. The lowest BCUT2D eigenvalue weighted by molar-refractivity contribution is -0.134. The molecule has 0 radical (unpaired) electrons. The van der Waals surface area contributed by atoms with Gasteiger partial charge in [-0.25, -0.2) is 4.98 Å². The van der Waals surface area contributed by atoms with E-state index in [1.165, 1.54) is 50.7 Å². The summed E-state index contributed by atoms with van der Waals surface area (Å²) >= 11 is 0. The van der Waals surface area contributed by atoms with Crippen LogP contribution in [0, 0.1) is 5.92 Å². The highest BCUT2D eigenvalue weighted by Gasteiger charge is 2.39. The lowest BCUT2D eigenvalue weighted by Gasteiger charge is -2.42. The Morgan fingerprint density at radius 3 is 2.74 bits per heavy atom. The molecule has 2 aliphatic heterocycles. The molecule has 2 N–H and O–H groups in total. The topological polar surface area (TPSA) is 123 Å². The van der Waals surface area contributed by atoms with Crippen LogP contribution >= 0.6 is 0 Å². The Labute approximate surface area is 222 Å². The molecule has 1 aromatic heterocycles. The maximum atomic E-state index is 13.4. The van der Waals surface area contributed by atoms with Crippen LogP contribution in [0.1, 0.15) is 72.2 Å². The van der Waals surface area contributed by atoms with E-state index in [4.69, 9.17) is 9.47 Å². The van der Waals surface area contributed by atoms with E-state index in [0.717, 1.165) is 13.0 Å². The largest absolute Gasteiger partial charge is 0.490 e. The van der Waals surface area contributed by atoms with Gasteiger partial charge in [0.05, 0.1) is 30.3 Å². The van der Waals surface area contributed by atoms with Gasteiger partial charge >= 0.3 is 0 Å². The number of hydrogen-bond donors (Lipinski definition) is 2. The molecule has 3 amide bonds. The highest BCUT2D eigenvalue weighted by Crippen LogP contribution is 2.32. The summed E-state index contributed by atoms with van der Waals surface area (Å²) in [5, 5.41) is 5.86. The Morgan fingerprint density at radius 1 is 1.11 bits per heavy atom. The first kappa shape index (κ1) is 26.1. The minimum atomic E-state index is -0.416. The number of ether oxygens (including phenoxy) is 2. The molecule has 10 nitrogen and oxygen atoms in total. The van der Waals surface area contributed by atoms with Gasteiger partial charge in [-0.1, -0.05) is 19.3 Å². The zero-order valence-corrected chi connectivity index (χ0v) is 21.7. The van der Waals surface area contributed by atoms with Gasteiger partial charge in [-0.3, -0.25) is 19.4 Å². The maximum absolute atomic E-state index is 13.4. The van der Waals surface area contributed by atoms with E-state index in [0.29, 0.717) is 35.8 Å². The minimum Gasteiger partial charge on any atom is -0.490 e. The summed E-state index contributed by atoms with van der Waals surface area (Å²) in [5.41, 5.74) is 1.01. The lowest BCUT2D eigenvalue weighted by Crippen LogP contribution is -2.54. The van der Waals surface area contributed by atoms with Crippen molar-refractivity contribution >= 4 is 23.4 Å². The average molecular weight is 522 g/mol. The van der Waals surface area contributed by atoms with Crippen LogP contribution in [0.3, 0.4) is 0 Å². The molecule has 1 saturated heterocycles. The second-order valence-corrected chi connectivity index (χ2v) is 10.4. The van der Waals surface area contributed by atoms with Crippen molar-refractivity contribution in [2.24, 2.45) is 5.92 Å². The first-order valence-corrected chi connectivity index (χ1v) is 13.5. The number of rotatable bonds is 6. The second-order valence-electron chi connectivity index (χ2n) is 10.4. The Kier molecular flexibility index (Phi) is 8.17. The number of carbonyl (C=O) groups is 3. The third-order valence-corrected chi connectivity index (χ3v) is 7.79. The lowest BCUT2D eigenvalue weighted by atomic mass is 9.89. The zero-order valence-electron chi connectivity index (χ0n) is 21.7. The van der Waals surface area contributed by atoms with Gasteiger partial charge in [-0.15, -0.1) is 0 Å². The molecule has 1 saturated carbocycles. The number of amides is 3. The Morgan fingerprint density at radius 2 is 1.95 bits per heavy atom. The Balaban J connectivity index is 1.20. The first-order valence-electron chi connectivity index (χ1n) is 13.5. The van der Waals surface area contributed by atoms with Gasteiger partial charge in [0, 0.05) is 31.7 Å². The van der Waals surface area contributed by atoms with Gasteiger partial charge < -0.3 is 25.0 Å². The van der Waals surface area contributed by atoms with Crippen molar-refractivity contribution < 1.29 is 23.9 Å². The van der Waals surface area contributed by atoms with Gasteiger partial charge in [0.2, 0.25) is 5.91 Å². The number of fused-ring (bicyclic) bond motifs is 2. The standard InChI is InChI=1S/C28H35N5O5/c1-33-23-9-8-20(14-26(34)31-15-18-5-3-2-4-6-18)38-25(23)17-37-24-10-7-19(13-21(24)28(33)36)32-27(35)22-16-29-11-12-30-22/h7,10-13,16,18,20,23,25H,2-6,8-9,14-15,17H2,1H3,(H,31,34)(H,32,35)/t20-,23-,25+/m1/s1. The van der Waals surface area contributed by atoms with E-state index in [1.54, 1.807) is 30.1 Å². The summed E-state index contributed by atoms with van der Waals surface area (Å²) in [7, 11) is 1.76. The summed E-state index contributed by atoms with van der Waals surface area (Å²) in [6, 6.07) is 4.80. The molecular formula is C28H35N5O5. The molecule has 1 aromatic carbocycles. The van der Waals surface area contributed by atoms with Gasteiger partial charge in [0.15, 0.2) is 0 Å². The van der Waals surface area contributed by atoms with Crippen molar-refractivity contribution in [2.75, 3.05) is 25.5 Å². The zero-order chi connectivity index (χ0) is 26.5. The molecule has 0 unspecified atom stereocenters. The van der Waals surface area contributed by atoms with Crippen molar-refractivity contribution in [1.82, 2.24) is 20.2 Å². The smallest absolute Gasteiger partial charge is 0.275 e. The van der Waals surface area contributed by atoms with Crippen LogP contribution in [0.5, 0.6) is 5.75 Å². The molecule has 38 heavy (non-hydrogen) atoms. The number of nitrogens with zero attached hydrogens (tertiary/aromatic N) is 3. The second kappa shape index (κ2) is 11.9. The fraction of sp³-hybridized carbons (Fsp3) is 0.536. The van der Waals surface area contributed by atoms with Crippen LogP contribution in [-0.2, 0) is 9.53 Å². The van der Waals surface area contributed by atoms with Gasteiger partial charge in [0.1, 0.15) is 24.2 Å². The quantitative estimate of drug-likeness (QED) is 0.599. The molecule has 3 heterocycles. The molecule has 0 bridgehead atoms. The molecule has 3 atom stereocenters. The van der Waals surface area contributed by atoms with Gasteiger partial charge in [-0.2, -0.15) is 0 Å². The summed E-state index contributed by atoms with van der Waals surface area (Å²) in [6.45, 7) is 1.01. The number of anilines is 1. The third-order valence-electron chi connectivity index (χ3n) is 7.79. The van der Waals surface area contributed by atoms with E-state index >= 15 is 0 Å². The molecule has 5 rings (SSSR count). The molecule has 3 aliphatic rings. The predicted molar refractivity (Wildman–Crippen MR) is 140 cm³/mol. The summed E-state index contributed by atoms with van der Waals surface area (Å²) in [5.74, 6) is 0.409.